The predicted molar refractivity (Wildman–Crippen MR) is 418 cm³/mol. The van der Waals surface area contributed by atoms with Crippen molar-refractivity contribution in [1.82, 2.24) is 0 Å². The van der Waals surface area contributed by atoms with Crippen LogP contribution in [0.25, 0.3) is 0 Å². The van der Waals surface area contributed by atoms with E-state index in [2.05, 4.69) is 64.2 Å². The van der Waals surface area contributed by atoms with E-state index in [0.717, 1.165) is 128 Å². The summed E-state index contributed by atoms with van der Waals surface area (Å²) in [5, 5.41) is 10.7. The molecule has 0 rings (SSSR count). The number of hydrogen-bond acceptors (Lipinski definition) is 15. The number of esters is 4. The molecular formula is C83H156O17P2. The minimum absolute atomic E-state index is 0.0864. The van der Waals surface area contributed by atoms with Crippen molar-refractivity contribution < 1.29 is 80.2 Å². The van der Waals surface area contributed by atoms with Crippen LogP contribution in [0.15, 0.2) is 36.5 Å². The maximum absolute atomic E-state index is 13.1. The predicted octanol–water partition coefficient (Wildman–Crippen LogP) is 24.7. The molecule has 102 heavy (non-hydrogen) atoms. The number of carbonyl (C=O) groups excluding carboxylic acids is 4. The molecule has 0 radical (unpaired) electrons. The molecule has 0 saturated heterocycles. The Morgan fingerprint density at radius 1 is 0.275 bits per heavy atom. The molecule has 2 unspecified atom stereocenters. The Hall–Kier alpha value is -2.72. The zero-order valence-corrected chi connectivity index (χ0v) is 67.6. The highest BCUT2D eigenvalue weighted by Gasteiger charge is 2.30. The zero-order chi connectivity index (χ0) is 74.6. The van der Waals surface area contributed by atoms with Crippen LogP contribution in [0.3, 0.4) is 0 Å². The highest BCUT2D eigenvalue weighted by molar-refractivity contribution is 7.47. The van der Waals surface area contributed by atoms with Crippen LogP contribution in [0, 0.1) is 0 Å². The second-order valence-electron chi connectivity index (χ2n) is 28.8. The first kappa shape index (κ1) is 99.3. The molecule has 0 aromatic carbocycles. The van der Waals surface area contributed by atoms with Crippen molar-refractivity contribution in [3.8, 4) is 0 Å². The van der Waals surface area contributed by atoms with Crippen LogP contribution in [0.4, 0.5) is 0 Å². The fraction of sp³-hybridized carbons (Fsp3) is 0.880. The van der Waals surface area contributed by atoms with Crippen molar-refractivity contribution in [2.45, 2.75) is 431 Å². The minimum Gasteiger partial charge on any atom is -0.462 e. The lowest BCUT2D eigenvalue weighted by atomic mass is 10.0. The number of unbranched alkanes of at least 4 members (excludes halogenated alkanes) is 49. The van der Waals surface area contributed by atoms with E-state index in [1.165, 1.54) is 205 Å². The van der Waals surface area contributed by atoms with Crippen molar-refractivity contribution in [1.29, 1.82) is 0 Å². The van der Waals surface area contributed by atoms with Crippen LogP contribution < -0.4 is 0 Å². The van der Waals surface area contributed by atoms with Gasteiger partial charge in [0.1, 0.15) is 19.3 Å². The number of aliphatic hydroxyl groups excluding tert-OH is 1. The number of hydrogen-bond donors (Lipinski definition) is 3. The largest absolute Gasteiger partial charge is 0.472 e. The highest BCUT2D eigenvalue weighted by atomic mass is 31.2. The number of ether oxygens (including phenoxy) is 4. The van der Waals surface area contributed by atoms with Crippen molar-refractivity contribution in [2.75, 3.05) is 39.6 Å². The van der Waals surface area contributed by atoms with Crippen molar-refractivity contribution >= 4 is 39.5 Å². The van der Waals surface area contributed by atoms with Gasteiger partial charge in [-0.3, -0.25) is 37.3 Å². The van der Waals surface area contributed by atoms with E-state index in [9.17, 15) is 43.2 Å². The fourth-order valence-electron chi connectivity index (χ4n) is 12.1. The summed E-state index contributed by atoms with van der Waals surface area (Å²) in [6.45, 7) is 4.94. The quantitative estimate of drug-likeness (QED) is 0.0169. The van der Waals surface area contributed by atoms with E-state index in [1.807, 2.05) is 0 Å². The Morgan fingerprint density at radius 3 is 0.755 bits per heavy atom. The SMILES string of the molecule is CCCCC/C=C\C/C=C\CCCCCCCC(=O)O[C@H](COC(=O)CCCCCCCCCCCCCCCCC)COP(=O)(O)OC[C@H](O)COP(=O)(O)OC[C@@H](COC(=O)CCCCCCC/C=C\CCCCCCCC)OC(=O)CCCCCCCCCCCCCCCCCCC. The first-order valence-corrected chi connectivity index (χ1v) is 45.2. The molecule has 3 N–H and O–H groups in total. The van der Waals surface area contributed by atoms with Gasteiger partial charge in [0.2, 0.25) is 0 Å². The lowest BCUT2D eigenvalue weighted by Crippen LogP contribution is -2.30. The molecule has 0 aliphatic heterocycles. The van der Waals surface area contributed by atoms with E-state index in [0.29, 0.717) is 25.7 Å². The summed E-state index contributed by atoms with van der Waals surface area (Å²) in [5.74, 6) is -2.15. The first-order valence-electron chi connectivity index (χ1n) is 42.2. The number of phosphoric acid groups is 2. The van der Waals surface area contributed by atoms with Gasteiger partial charge in [-0.1, -0.05) is 340 Å². The van der Waals surface area contributed by atoms with Crippen LogP contribution in [-0.2, 0) is 65.4 Å². The molecule has 0 aliphatic rings. The molecule has 0 heterocycles. The number of carbonyl (C=O) groups is 4. The fourth-order valence-corrected chi connectivity index (χ4v) is 13.7. The molecule has 0 amide bonds. The maximum Gasteiger partial charge on any atom is 0.472 e. The lowest BCUT2D eigenvalue weighted by molar-refractivity contribution is -0.161. The molecule has 600 valence electrons. The average Bonchev–Trinajstić information content (AvgIpc) is 1.10. The van der Waals surface area contributed by atoms with Gasteiger partial charge in [0.15, 0.2) is 12.2 Å². The van der Waals surface area contributed by atoms with Crippen LogP contribution in [0.2, 0.25) is 0 Å². The summed E-state index contributed by atoms with van der Waals surface area (Å²) >= 11 is 0. The third-order valence-corrected chi connectivity index (χ3v) is 20.5. The topological polar surface area (TPSA) is 237 Å². The van der Waals surface area contributed by atoms with Gasteiger partial charge in [-0.15, -0.1) is 0 Å². The van der Waals surface area contributed by atoms with Crippen LogP contribution in [0.1, 0.15) is 413 Å². The summed E-state index contributed by atoms with van der Waals surface area (Å²) < 4.78 is 68.8. The van der Waals surface area contributed by atoms with Gasteiger partial charge >= 0.3 is 39.5 Å². The smallest absolute Gasteiger partial charge is 0.462 e. The number of aliphatic hydroxyl groups is 1. The van der Waals surface area contributed by atoms with E-state index in [1.54, 1.807) is 0 Å². The molecule has 0 aliphatic carbocycles. The summed E-state index contributed by atoms with van der Waals surface area (Å²) in [6, 6.07) is 0. The number of phosphoric ester groups is 2. The summed E-state index contributed by atoms with van der Waals surface area (Å²) in [6.07, 6.45) is 73.9. The van der Waals surface area contributed by atoms with Gasteiger partial charge in [0.25, 0.3) is 0 Å². The van der Waals surface area contributed by atoms with Gasteiger partial charge in [-0.25, -0.2) is 9.13 Å². The normalized spacial score (nSPS) is 14.0. The average molecular weight is 1490 g/mol. The van der Waals surface area contributed by atoms with E-state index in [4.69, 9.17) is 37.0 Å². The summed E-state index contributed by atoms with van der Waals surface area (Å²) in [5.41, 5.74) is 0. The molecule has 0 fully saturated rings. The molecule has 0 aromatic rings. The minimum atomic E-state index is -4.97. The summed E-state index contributed by atoms with van der Waals surface area (Å²) in [4.78, 5) is 73.1. The van der Waals surface area contributed by atoms with Crippen LogP contribution >= 0.6 is 15.6 Å². The van der Waals surface area contributed by atoms with Crippen LogP contribution in [0.5, 0.6) is 0 Å². The number of allylic oxidation sites excluding steroid dienone is 6. The third-order valence-electron chi connectivity index (χ3n) is 18.6. The van der Waals surface area contributed by atoms with Crippen molar-refractivity contribution in [2.24, 2.45) is 0 Å². The standard InChI is InChI=1S/C83H156O17P2/c1-5-9-13-17-21-25-29-33-37-38-42-46-50-54-58-62-66-70-83(88)100-79(74-94-81(86)68-64-60-56-52-48-44-40-35-31-27-23-19-15-11-7-3)76-98-102(91,92)96-72-77(84)71-95-101(89,90)97-75-78(99-82(87)69-65-61-57-53-49-45-41-36-32-28-24-20-16-12-8-4)73-93-80(85)67-63-59-55-51-47-43-39-34-30-26-22-18-14-10-6-2/h24,28,35-36,40-41,77-79,84H,5-23,25-27,29-34,37-39,42-76H2,1-4H3,(H,89,90)(H,91,92)/b28-24-,40-35-,41-36-/t77-,78+,79+/m0/s1. The molecular weight excluding hydrogens is 1330 g/mol. The van der Waals surface area contributed by atoms with E-state index in [-0.39, 0.29) is 25.7 Å². The maximum atomic E-state index is 13.1. The van der Waals surface area contributed by atoms with E-state index >= 15 is 0 Å². The van der Waals surface area contributed by atoms with Gasteiger partial charge < -0.3 is 33.8 Å². The number of rotatable bonds is 81. The Morgan fingerprint density at radius 2 is 0.480 bits per heavy atom. The third kappa shape index (κ3) is 75.5. The van der Waals surface area contributed by atoms with Gasteiger partial charge in [0, 0.05) is 25.7 Å². The monoisotopic (exact) mass is 1490 g/mol. The van der Waals surface area contributed by atoms with Crippen LogP contribution in [-0.4, -0.2) is 96.7 Å². The first-order chi connectivity index (χ1) is 49.7. The molecule has 0 spiro atoms. The Labute approximate surface area is 624 Å². The van der Waals surface area contributed by atoms with Gasteiger partial charge in [-0.05, 0) is 83.5 Å². The lowest BCUT2D eigenvalue weighted by Gasteiger charge is -2.21. The molecule has 0 bridgehead atoms. The van der Waals surface area contributed by atoms with E-state index < -0.39 is 97.5 Å². The molecule has 19 heteroatoms. The molecule has 0 saturated carbocycles. The molecule has 5 atom stereocenters. The zero-order valence-electron chi connectivity index (χ0n) is 65.8. The second kappa shape index (κ2) is 76.5. The second-order valence-corrected chi connectivity index (χ2v) is 31.7. The van der Waals surface area contributed by atoms with Gasteiger partial charge in [-0.2, -0.15) is 0 Å². The highest BCUT2D eigenvalue weighted by Crippen LogP contribution is 2.45. The van der Waals surface area contributed by atoms with Gasteiger partial charge in [0.05, 0.1) is 26.4 Å². The molecule has 17 nitrogen and oxygen atoms in total. The summed E-state index contributed by atoms with van der Waals surface area (Å²) in [7, 11) is -9.94. The van der Waals surface area contributed by atoms with Crippen molar-refractivity contribution in [3.05, 3.63) is 36.5 Å². The Kier molecular flexibility index (Phi) is 74.4. The Bertz CT molecular complexity index is 2070. The Balaban J connectivity index is 5.32. The van der Waals surface area contributed by atoms with Crippen molar-refractivity contribution in [3.63, 3.8) is 0 Å². The molecule has 0 aromatic heterocycles.